The topological polar surface area (TPSA) is 12.0 Å². The summed E-state index contributed by atoms with van der Waals surface area (Å²) in [7, 11) is 1.80. The third-order valence-electron chi connectivity index (χ3n) is 3.11. The molecule has 1 aromatic carbocycles. The normalized spacial score (nSPS) is 20.9. The predicted molar refractivity (Wildman–Crippen MR) is 55.7 cm³/mol. The lowest BCUT2D eigenvalue weighted by atomic mass is 9.98. The van der Waals surface area contributed by atoms with Crippen LogP contribution in [0.2, 0.25) is 0 Å². The Bertz CT molecular complexity index is 363. The van der Waals surface area contributed by atoms with E-state index in [4.69, 9.17) is 0 Å². The summed E-state index contributed by atoms with van der Waals surface area (Å²) in [6.45, 7) is 0. The maximum absolute atomic E-state index is 13.7. The van der Waals surface area contributed by atoms with Gasteiger partial charge in [-0.15, -0.1) is 0 Å². The van der Waals surface area contributed by atoms with Crippen LogP contribution in [0.25, 0.3) is 0 Å². The number of hydrogen-bond donors (Lipinski definition) is 1. The predicted octanol–water partition coefficient (Wildman–Crippen LogP) is 2.95. The van der Waals surface area contributed by atoms with Crippen LogP contribution < -0.4 is 5.32 Å². The Balaban J connectivity index is 2.54. The number of benzene rings is 1. The standard InChI is InChI=1S/C12H15F2N/c1-15-11-5-3-2-4-8-9(13)6-7-10(14)12(8)11/h6-7,11,15H,2-5H2,1H3. The Hall–Kier alpha value is -0.960. The first-order valence-electron chi connectivity index (χ1n) is 5.38. The molecule has 0 amide bonds. The van der Waals surface area contributed by atoms with Crippen LogP contribution in [0.1, 0.15) is 36.4 Å². The molecule has 1 unspecified atom stereocenters. The fraction of sp³-hybridized carbons (Fsp3) is 0.500. The van der Waals surface area contributed by atoms with E-state index in [0.717, 1.165) is 19.3 Å². The minimum absolute atomic E-state index is 0.0433. The maximum atomic E-state index is 13.7. The zero-order valence-corrected chi connectivity index (χ0v) is 8.82. The third kappa shape index (κ3) is 1.88. The lowest BCUT2D eigenvalue weighted by molar-refractivity contribution is 0.498. The first-order chi connectivity index (χ1) is 7.24. The molecule has 1 aliphatic carbocycles. The molecule has 0 heterocycles. The molecule has 0 spiro atoms. The second-order valence-electron chi connectivity index (χ2n) is 4.01. The molecule has 0 aliphatic heterocycles. The molecule has 15 heavy (non-hydrogen) atoms. The Labute approximate surface area is 88.5 Å². The SMILES string of the molecule is CNC1CCCCc2c(F)ccc(F)c21. The number of hydrogen-bond acceptors (Lipinski definition) is 1. The van der Waals surface area contributed by atoms with Gasteiger partial charge in [0.05, 0.1) is 0 Å². The van der Waals surface area contributed by atoms with E-state index in [1.54, 1.807) is 7.05 Å². The smallest absolute Gasteiger partial charge is 0.128 e. The number of rotatable bonds is 1. The van der Waals surface area contributed by atoms with Gasteiger partial charge in [-0.3, -0.25) is 0 Å². The van der Waals surface area contributed by atoms with Gasteiger partial charge in [-0.1, -0.05) is 6.42 Å². The van der Waals surface area contributed by atoms with Gasteiger partial charge in [-0.25, -0.2) is 8.78 Å². The fourth-order valence-electron chi connectivity index (χ4n) is 2.32. The van der Waals surface area contributed by atoms with Crippen molar-refractivity contribution in [3.63, 3.8) is 0 Å². The molecular formula is C12H15F2N. The minimum atomic E-state index is -0.285. The Morgan fingerprint density at radius 3 is 2.67 bits per heavy atom. The van der Waals surface area contributed by atoms with Gasteiger partial charge >= 0.3 is 0 Å². The van der Waals surface area contributed by atoms with Crippen molar-refractivity contribution in [2.24, 2.45) is 0 Å². The van der Waals surface area contributed by atoms with Crippen molar-refractivity contribution >= 4 is 0 Å². The molecule has 0 saturated carbocycles. The molecule has 1 aliphatic rings. The molecule has 3 heteroatoms. The van der Waals surface area contributed by atoms with Crippen LogP contribution in [-0.2, 0) is 6.42 Å². The molecule has 1 aromatic rings. The Kier molecular flexibility index (Phi) is 3.00. The van der Waals surface area contributed by atoms with Crippen LogP contribution in [-0.4, -0.2) is 7.05 Å². The van der Waals surface area contributed by atoms with E-state index in [9.17, 15) is 8.78 Å². The van der Waals surface area contributed by atoms with Gasteiger partial charge in [0.15, 0.2) is 0 Å². The fourth-order valence-corrected chi connectivity index (χ4v) is 2.32. The maximum Gasteiger partial charge on any atom is 0.128 e. The Morgan fingerprint density at radius 1 is 1.20 bits per heavy atom. The highest BCUT2D eigenvalue weighted by atomic mass is 19.1. The van der Waals surface area contributed by atoms with Gasteiger partial charge in [-0.05, 0) is 44.0 Å². The average molecular weight is 211 g/mol. The van der Waals surface area contributed by atoms with Crippen LogP contribution in [0.3, 0.4) is 0 Å². The summed E-state index contributed by atoms with van der Waals surface area (Å²) in [6, 6.07) is 2.41. The van der Waals surface area contributed by atoms with Crippen molar-refractivity contribution in [2.45, 2.75) is 31.7 Å². The molecule has 0 radical (unpaired) electrons. The van der Waals surface area contributed by atoms with Crippen LogP contribution in [0.5, 0.6) is 0 Å². The van der Waals surface area contributed by atoms with Crippen molar-refractivity contribution < 1.29 is 8.78 Å². The molecule has 0 aromatic heterocycles. The van der Waals surface area contributed by atoms with Gasteiger partial charge < -0.3 is 5.32 Å². The number of nitrogens with one attached hydrogen (secondary N) is 1. The molecule has 0 fully saturated rings. The molecule has 0 bridgehead atoms. The largest absolute Gasteiger partial charge is 0.313 e. The second-order valence-corrected chi connectivity index (χ2v) is 4.01. The first-order valence-corrected chi connectivity index (χ1v) is 5.38. The van der Waals surface area contributed by atoms with Gasteiger partial charge in [0.1, 0.15) is 11.6 Å². The van der Waals surface area contributed by atoms with E-state index >= 15 is 0 Å². The molecule has 1 N–H and O–H groups in total. The van der Waals surface area contributed by atoms with Crippen molar-refractivity contribution in [3.05, 3.63) is 34.9 Å². The third-order valence-corrected chi connectivity index (χ3v) is 3.11. The highest BCUT2D eigenvalue weighted by Crippen LogP contribution is 2.31. The van der Waals surface area contributed by atoms with Gasteiger partial charge in [0.25, 0.3) is 0 Å². The summed E-state index contributed by atoms with van der Waals surface area (Å²) in [5.74, 6) is -0.554. The van der Waals surface area contributed by atoms with E-state index in [1.165, 1.54) is 12.1 Å². The lowest BCUT2D eigenvalue weighted by Gasteiger charge is -2.17. The molecule has 2 rings (SSSR count). The molecule has 1 nitrogen and oxygen atoms in total. The van der Waals surface area contributed by atoms with Crippen molar-refractivity contribution in [3.8, 4) is 0 Å². The highest BCUT2D eigenvalue weighted by Gasteiger charge is 2.23. The highest BCUT2D eigenvalue weighted by molar-refractivity contribution is 5.33. The van der Waals surface area contributed by atoms with E-state index in [2.05, 4.69) is 5.32 Å². The van der Waals surface area contributed by atoms with Crippen LogP contribution in [0.15, 0.2) is 12.1 Å². The quantitative estimate of drug-likeness (QED) is 0.704. The average Bonchev–Trinajstić information content (AvgIpc) is 2.46. The number of halogens is 2. The zero-order chi connectivity index (χ0) is 10.8. The summed E-state index contributed by atoms with van der Waals surface area (Å²) in [5, 5.41) is 3.06. The molecule has 1 atom stereocenters. The second kappa shape index (κ2) is 4.27. The Morgan fingerprint density at radius 2 is 1.93 bits per heavy atom. The minimum Gasteiger partial charge on any atom is -0.313 e. The zero-order valence-electron chi connectivity index (χ0n) is 8.82. The van der Waals surface area contributed by atoms with Gasteiger partial charge in [-0.2, -0.15) is 0 Å². The van der Waals surface area contributed by atoms with Crippen LogP contribution in [0, 0.1) is 11.6 Å². The van der Waals surface area contributed by atoms with Crippen molar-refractivity contribution in [2.75, 3.05) is 7.05 Å². The monoisotopic (exact) mass is 211 g/mol. The van der Waals surface area contributed by atoms with Gasteiger partial charge in [0.2, 0.25) is 0 Å². The van der Waals surface area contributed by atoms with Gasteiger partial charge in [0, 0.05) is 11.6 Å². The van der Waals surface area contributed by atoms with E-state index < -0.39 is 0 Å². The van der Waals surface area contributed by atoms with Crippen molar-refractivity contribution in [1.82, 2.24) is 5.32 Å². The first kappa shape index (κ1) is 10.6. The summed E-state index contributed by atoms with van der Waals surface area (Å²) in [4.78, 5) is 0. The van der Waals surface area contributed by atoms with E-state index in [-0.39, 0.29) is 17.7 Å². The van der Waals surface area contributed by atoms with E-state index in [0.29, 0.717) is 17.5 Å². The van der Waals surface area contributed by atoms with E-state index in [1.807, 2.05) is 0 Å². The summed E-state index contributed by atoms with van der Waals surface area (Å²) in [5.41, 5.74) is 1.10. The van der Waals surface area contributed by atoms with Crippen molar-refractivity contribution in [1.29, 1.82) is 0 Å². The lowest BCUT2D eigenvalue weighted by Crippen LogP contribution is -2.18. The molecular weight excluding hydrogens is 196 g/mol. The molecule has 82 valence electrons. The summed E-state index contributed by atoms with van der Waals surface area (Å²) >= 11 is 0. The molecule has 0 saturated heterocycles. The van der Waals surface area contributed by atoms with Crippen LogP contribution >= 0.6 is 0 Å². The summed E-state index contributed by atoms with van der Waals surface area (Å²) < 4.78 is 27.2. The van der Waals surface area contributed by atoms with Crippen LogP contribution in [0.4, 0.5) is 8.78 Å². The number of fused-ring (bicyclic) bond motifs is 1. The summed E-state index contributed by atoms with van der Waals surface area (Å²) in [6.07, 6.45) is 3.48.